The Hall–Kier alpha value is -1.47. The summed E-state index contributed by atoms with van der Waals surface area (Å²) in [5.74, 6) is -0.183. The van der Waals surface area contributed by atoms with E-state index in [1.807, 2.05) is 49.4 Å². The second-order valence-electron chi connectivity index (χ2n) is 8.93. The van der Waals surface area contributed by atoms with E-state index in [0.29, 0.717) is 13.0 Å². The third kappa shape index (κ3) is 6.85. The van der Waals surface area contributed by atoms with Crippen LogP contribution in [0.15, 0.2) is 42.5 Å². The summed E-state index contributed by atoms with van der Waals surface area (Å²) in [5, 5.41) is 10.7. The zero-order valence-corrected chi connectivity index (χ0v) is 19.5. The summed E-state index contributed by atoms with van der Waals surface area (Å²) in [6.45, 7) is 13.4. The number of amides is 1. The Morgan fingerprint density at radius 3 is 2.36 bits per heavy atom. The summed E-state index contributed by atoms with van der Waals surface area (Å²) in [6.07, 6.45) is 3.53. The van der Waals surface area contributed by atoms with E-state index in [-0.39, 0.29) is 17.0 Å². The van der Waals surface area contributed by atoms with E-state index in [1.165, 1.54) is 4.90 Å². The molecule has 0 aliphatic carbocycles. The van der Waals surface area contributed by atoms with Gasteiger partial charge in [-0.25, -0.2) is 0 Å². The van der Waals surface area contributed by atoms with Gasteiger partial charge in [-0.15, -0.1) is 0 Å². The highest BCUT2D eigenvalue weighted by atomic mass is 28.4. The third-order valence-corrected chi connectivity index (χ3v) is 10.3. The first-order valence-electron chi connectivity index (χ1n) is 9.92. The Morgan fingerprint density at radius 1 is 1.25 bits per heavy atom. The average Bonchev–Trinajstić information content (AvgIpc) is 2.64. The molecule has 158 valence electrons. The molecule has 0 aromatic heterocycles. The highest BCUT2D eigenvalue weighted by Gasteiger charge is 2.36. The van der Waals surface area contributed by atoms with Crippen molar-refractivity contribution in [1.29, 1.82) is 0 Å². The first kappa shape index (κ1) is 24.6. The third-order valence-electron chi connectivity index (χ3n) is 5.78. The summed E-state index contributed by atoms with van der Waals surface area (Å²) in [5.41, 5.74) is 6.86. The van der Waals surface area contributed by atoms with Crippen LogP contribution in [0.4, 0.5) is 0 Å². The molecule has 0 aliphatic heterocycles. The van der Waals surface area contributed by atoms with Gasteiger partial charge in [0.25, 0.3) is 0 Å². The quantitative estimate of drug-likeness (QED) is 0.482. The molecule has 5 nitrogen and oxygen atoms in total. The number of benzene rings is 1. The zero-order valence-electron chi connectivity index (χ0n) is 18.5. The molecule has 1 rings (SSSR count). The Bertz CT molecular complexity index is 641. The van der Waals surface area contributed by atoms with Gasteiger partial charge in [0.2, 0.25) is 5.91 Å². The van der Waals surface area contributed by atoms with Gasteiger partial charge in [-0.3, -0.25) is 4.79 Å². The van der Waals surface area contributed by atoms with Crippen molar-refractivity contribution in [3.05, 3.63) is 48.0 Å². The van der Waals surface area contributed by atoms with Gasteiger partial charge in [0, 0.05) is 7.05 Å². The van der Waals surface area contributed by atoms with Crippen molar-refractivity contribution in [2.24, 2.45) is 5.73 Å². The number of aliphatic hydroxyl groups is 1. The molecule has 0 aliphatic rings. The van der Waals surface area contributed by atoms with Gasteiger partial charge in [0.1, 0.15) is 0 Å². The molecule has 6 heteroatoms. The van der Waals surface area contributed by atoms with Crippen molar-refractivity contribution in [3.8, 4) is 0 Å². The average molecular weight is 407 g/mol. The first-order chi connectivity index (χ1) is 12.9. The fraction of sp³-hybridized carbons (Fsp3) is 0.591. The van der Waals surface area contributed by atoms with Crippen LogP contribution in [0.1, 0.15) is 45.8 Å². The molecule has 3 atom stereocenters. The van der Waals surface area contributed by atoms with Gasteiger partial charge in [-0.05, 0) is 37.0 Å². The van der Waals surface area contributed by atoms with E-state index in [0.717, 1.165) is 5.56 Å². The van der Waals surface area contributed by atoms with Crippen molar-refractivity contribution in [3.63, 3.8) is 0 Å². The van der Waals surface area contributed by atoms with Crippen LogP contribution in [0.25, 0.3) is 0 Å². The smallest absolute Gasteiger partial charge is 0.239 e. The monoisotopic (exact) mass is 406 g/mol. The number of carbonyl (C=O) groups excluding carboxylic acids is 1. The van der Waals surface area contributed by atoms with E-state index in [2.05, 4.69) is 33.9 Å². The lowest BCUT2D eigenvalue weighted by Crippen LogP contribution is -2.47. The molecule has 0 heterocycles. The fourth-order valence-electron chi connectivity index (χ4n) is 2.49. The zero-order chi connectivity index (χ0) is 21.5. The van der Waals surface area contributed by atoms with Crippen LogP contribution in [0, 0.1) is 0 Å². The number of likely N-dealkylation sites (N-methyl/N-ethyl adjacent to an activating group) is 1. The predicted molar refractivity (Wildman–Crippen MR) is 119 cm³/mol. The fourth-order valence-corrected chi connectivity index (χ4v) is 3.43. The molecular formula is C22H38N2O3Si. The highest BCUT2D eigenvalue weighted by Crippen LogP contribution is 2.36. The Kier molecular flexibility index (Phi) is 9.08. The number of nitrogens with two attached hydrogens (primary N) is 1. The molecule has 0 unspecified atom stereocenters. The molecule has 0 spiro atoms. The minimum Gasteiger partial charge on any atom is -0.413 e. The maximum absolute atomic E-state index is 12.6. The van der Waals surface area contributed by atoms with Crippen LogP contribution >= 0.6 is 0 Å². The lowest BCUT2D eigenvalue weighted by Gasteiger charge is -2.35. The lowest BCUT2D eigenvalue weighted by atomic mass is 10.0. The second-order valence-corrected chi connectivity index (χ2v) is 13.7. The normalized spacial score (nSPS) is 16.0. The number of hydrogen-bond acceptors (Lipinski definition) is 4. The minimum absolute atomic E-state index is 0.172. The largest absolute Gasteiger partial charge is 0.413 e. The van der Waals surface area contributed by atoms with E-state index < -0.39 is 20.5 Å². The van der Waals surface area contributed by atoms with E-state index in [1.54, 1.807) is 7.05 Å². The maximum Gasteiger partial charge on any atom is 0.239 e. The van der Waals surface area contributed by atoms with Crippen molar-refractivity contribution < 1.29 is 14.3 Å². The number of aliphatic hydroxyl groups excluding tert-OH is 1. The number of nitrogens with zero attached hydrogens (tertiary/aromatic N) is 1. The van der Waals surface area contributed by atoms with Crippen LogP contribution in [-0.4, -0.2) is 50.0 Å². The van der Waals surface area contributed by atoms with Crippen LogP contribution in [0.2, 0.25) is 18.1 Å². The molecule has 3 N–H and O–H groups in total. The van der Waals surface area contributed by atoms with Gasteiger partial charge in [-0.1, -0.05) is 63.3 Å². The molecule has 0 radical (unpaired) electrons. The SMILES string of the molecule is C[C@H]([C@H](O)c1ccccc1)N(C)C(=O)[C@@H](N)C/C=C/CO[Si](C)(C)C(C)(C)C. The summed E-state index contributed by atoms with van der Waals surface area (Å²) >= 11 is 0. The molecule has 0 saturated heterocycles. The topological polar surface area (TPSA) is 75.8 Å². The van der Waals surface area contributed by atoms with Crippen LogP contribution < -0.4 is 5.73 Å². The highest BCUT2D eigenvalue weighted by molar-refractivity contribution is 6.74. The number of carbonyl (C=O) groups is 1. The standard InChI is InChI=1S/C22H38N2O3Si/c1-17(20(25)18-13-9-8-10-14-18)24(5)21(26)19(23)15-11-12-16-27-28(6,7)22(2,3)4/h8-14,17,19-20,25H,15-16,23H2,1-7H3/b12-11+/t17-,19+,20+/m1/s1. The van der Waals surface area contributed by atoms with Gasteiger partial charge < -0.3 is 20.2 Å². The summed E-state index contributed by atoms with van der Waals surface area (Å²) < 4.78 is 6.09. The molecule has 1 aromatic rings. The molecule has 28 heavy (non-hydrogen) atoms. The number of rotatable bonds is 9. The molecule has 0 bridgehead atoms. The summed E-state index contributed by atoms with van der Waals surface area (Å²) in [6, 6.07) is 8.33. The van der Waals surface area contributed by atoms with E-state index in [9.17, 15) is 9.90 Å². The van der Waals surface area contributed by atoms with Crippen LogP contribution in [0.5, 0.6) is 0 Å². The molecule has 0 fully saturated rings. The van der Waals surface area contributed by atoms with Gasteiger partial charge in [-0.2, -0.15) is 0 Å². The van der Waals surface area contributed by atoms with Crippen LogP contribution in [0.3, 0.4) is 0 Å². The first-order valence-corrected chi connectivity index (χ1v) is 12.8. The Morgan fingerprint density at radius 2 is 1.82 bits per heavy atom. The lowest BCUT2D eigenvalue weighted by molar-refractivity contribution is -0.135. The number of hydrogen-bond donors (Lipinski definition) is 2. The van der Waals surface area contributed by atoms with Gasteiger partial charge in [0.05, 0.1) is 24.8 Å². The van der Waals surface area contributed by atoms with Crippen molar-refractivity contribution >= 4 is 14.2 Å². The van der Waals surface area contributed by atoms with Crippen molar-refractivity contribution in [2.75, 3.05) is 13.7 Å². The van der Waals surface area contributed by atoms with Crippen molar-refractivity contribution in [2.45, 2.75) is 70.4 Å². The Balaban J connectivity index is 2.53. The van der Waals surface area contributed by atoms with Gasteiger partial charge >= 0.3 is 0 Å². The second kappa shape index (κ2) is 10.3. The molecule has 1 amide bonds. The maximum atomic E-state index is 12.6. The summed E-state index contributed by atoms with van der Waals surface area (Å²) in [4.78, 5) is 14.1. The molecule has 1 aromatic carbocycles. The molecule has 0 saturated carbocycles. The predicted octanol–water partition coefficient (Wildman–Crippen LogP) is 3.86. The van der Waals surface area contributed by atoms with Crippen molar-refractivity contribution in [1.82, 2.24) is 4.90 Å². The van der Waals surface area contributed by atoms with E-state index in [4.69, 9.17) is 10.2 Å². The minimum atomic E-state index is -1.77. The Labute approximate surface area is 171 Å². The molecular weight excluding hydrogens is 368 g/mol. The van der Waals surface area contributed by atoms with Crippen LogP contribution in [-0.2, 0) is 9.22 Å². The summed E-state index contributed by atoms with van der Waals surface area (Å²) in [7, 11) is -0.0832. The van der Waals surface area contributed by atoms with E-state index >= 15 is 0 Å². The van der Waals surface area contributed by atoms with Gasteiger partial charge in [0.15, 0.2) is 8.32 Å².